The first-order chi connectivity index (χ1) is 7.95. The molecule has 0 amide bonds. The van der Waals surface area contributed by atoms with Crippen LogP contribution in [0, 0.1) is 6.92 Å². The highest BCUT2D eigenvalue weighted by molar-refractivity contribution is 7.72. The van der Waals surface area contributed by atoms with Crippen LogP contribution in [-0.4, -0.2) is 34.4 Å². The molecule has 1 rings (SSSR count). The molecule has 94 valence electrons. The van der Waals surface area contributed by atoms with E-state index in [1.165, 1.54) is 12.0 Å². The number of benzene rings is 1. The van der Waals surface area contributed by atoms with Crippen molar-refractivity contribution < 1.29 is 17.9 Å². The Morgan fingerprint density at radius 1 is 1.41 bits per heavy atom. The smallest absolute Gasteiger partial charge is 0.339 e. The number of aryl methyl sites for hydroxylation is 1. The lowest BCUT2D eigenvalue weighted by molar-refractivity contribution is 0.0601. The fourth-order valence-corrected chi connectivity index (χ4v) is 1.99. The van der Waals surface area contributed by atoms with Gasteiger partial charge in [-0.05, 0) is 24.6 Å². The number of anilines is 1. The minimum Gasteiger partial charge on any atom is -0.465 e. The van der Waals surface area contributed by atoms with E-state index in [4.69, 9.17) is 0 Å². The van der Waals surface area contributed by atoms with Gasteiger partial charge < -0.3 is 9.64 Å². The molecule has 6 heteroatoms. The monoisotopic (exact) mass is 257 g/mol. The Morgan fingerprint density at radius 3 is 2.59 bits per heavy atom. The van der Waals surface area contributed by atoms with Gasteiger partial charge in [0.05, 0.1) is 18.4 Å². The number of rotatable bonds is 4. The van der Waals surface area contributed by atoms with Crippen LogP contribution in [0.3, 0.4) is 0 Å². The molecule has 1 aromatic carbocycles. The first-order valence-corrected chi connectivity index (χ1v) is 6.34. The summed E-state index contributed by atoms with van der Waals surface area (Å²) in [5.74, 6) is -0.615. The zero-order valence-electron chi connectivity index (χ0n) is 9.97. The summed E-state index contributed by atoms with van der Waals surface area (Å²) in [7, 11) is 0.374. The molecule has 5 nitrogen and oxygen atoms in total. The summed E-state index contributed by atoms with van der Waals surface area (Å²) in [5, 5.41) is 0. The second kappa shape index (κ2) is 5.67. The van der Waals surface area contributed by atoms with Gasteiger partial charge in [0.1, 0.15) is 5.88 Å². The zero-order chi connectivity index (χ0) is 13.0. The molecule has 0 atom stereocenters. The van der Waals surface area contributed by atoms with Gasteiger partial charge in [0.25, 0.3) is 0 Å². The van der Waals surface area contributed by atoms with E-state index in [9.17, 15) is 13.2 Å². The molecule has 0 saturated carbocycles. The molecule has 0 fully saturated rings. The summed E-state index contributed by atoms with van der Waals surface area (Å²) in [6.07, 6.45) is 0. The Bertz CT molecular complexity index is 488. The predicted molar refractivity (Wildman–Crippen MR) is 66.1 cm³/mol. The number of carbonyl (C=O) groups excluding carboxylic acids is 1. The Kier molecular flexibility index (Phi) is 4.51. The lowest BCUT2D eigenvalue weighted by atomic mass is 10.1. The molecule has 1 aromatic rings. The van der Waals surface area contributed by atoms with Crippen molar-refractivity contribution in [2.75, 3.05) is 24.9 Å². The number of methoxy groups -OCH3 is 1. The highest BCUT2D eigenvalue weighted by atomic mass is 32.2. The van der Waals surface area contributed by atoms with Crippen molar-refractivity contribution in [3.05, 3.63) is 29.3 Å². The van der Waals surface area contributed by atoms with E-state index in [0.717, 1.165) is 5.56 Å². The number of esters is 1. The molecule has 0 N–H and O–H groups in total. The van der Waals surface area contributed by atoms with Gasteiger partial charge in [-0.25, -0.2) is 13.2 Å². The van der Waals surface area contributed by atoms with Crippen LogP contribution in [0.1, 0.15) is 15.9 Å². The van der Waals surface area contributed by atoms with Gasteiger partial charge in [-0.1, -0.05) is 6.07 Å². The van der Waals surface area contributed by atoms with Crippen molar-refractivity contribution in [3.8, 4) is 0 Å². The third-order valence-corrected chi connectivity index (χ3v) is 2.95. The summed E-state index contributed by atoms with van der Waals surface area (Å²) in [6, 6.07) is 5.16. The summed E-state index contributed by atoms with van der Waals surface area (Å²) in [4.78, 5) is 13.0. The van der Waals surface area contributed by atoms with Crippen LogP contribution >= 0.6 is 0 Å². The first-order valence-electron chi connectivity index (χ1n) is 4.97. The van der Waals surface area contributed by atoms with Crippen molar-refractivity contribution in [1.82, 2.24) is 0 Å². The van der Waals surface area contributed by atoms with Crippen LogP contribution in [-0.2, 0) is 15.4 Å². The Labute approximate surface area is 102 Å². The van der Waals surface area contributed by atoms with Crippen molar-refractivity contribution in [3.63, 3.8) is 0 Å². The number of hydrogen-bond acceptors (Lipinski definition) is 5. The van der Waals surface area contributed by atoms with Crippen LogP contribution in [0.4, 0.5) is 5.69 Å². The SMILES string of the molecule is COC(=O)c1ccc(C)cc1N(C)C[SH](=O)=O. The van der Waals surface area contributed by atoms with Gasteiger partial charge in [-0.3, -0.25) is 0 Å². The molecule has 0 spiro atoms. The van der Waals surface area contributed by atoms with E-state index in [1.807, 2.05) is 6.92 Å². The first kappa shape index (κ1) is 13.5. The molecule has 0 heterocycles. The highest BCUT2D eigenvalue weighted by Crippen LogP contribution is 2.21. The normalized spacial score (nSPS) is 10.4. The topological polar surface area (TPSA) is 63.7 Å². The fourth-order valence-electron chi connectivity index (χ4n) is 1.49. The summed E-state index contributed by atoms with van der Waals surface area (Å²) < 4.78 is 26.1. The van der Waals surface area contributed by atoms with Gasteiger partial charge in [-0.15, -0.1) is 0 Å². The molecule has 0 aromatic heterocycles. The summed E-state index contributed by atoms with van der Waals surface area (Å²) in [6.45, 7) is 1.87. The number of ether oxygens (including phenoxy) is 1. The van der Waals surface area contributed by atoms with Crippen molar-refractivity contribution in [1.29, 1.82) is 0 Å². The van der Waals surface area contributed by atoms with Gasteiger partial charge in [-0.2, -0.15) is 0 Å². The molecule has 0 saturated heterocycles. The Balaban J connectivity index is 3.19. The fraction of sp³-hybridized carbons (Fsp3) is 0.364. The quantitative estimate of drug-likeness (QED) is 0.638. The van der Waals surface area contributed by atoms with Crippen LogP contribution in [0.15, 0.2) is 18.2 Å². The molecule has 0 aliphatic heterocycles. The van der Waals surface area contributed by atoms with Gasteiger partial charge >= 0.3 is 5.97 Å². The average molecular weight is 257 g/mol. The number of carbonyl (C=O) groups is 1. The Hall–Kier alpha value is -1.56. The van der Waals surface area contributed by atoms with Crippen molar-refractivity contribution in [2.24, 2.45) is 0 Å². The minimum absolute atomic E-state index is 0.136. The maximum absolute atomic E-state index is 11.5. The lowest BCUT2D eigenvalue weighted by Gasteiger charge is -2.19. The molecule has 0 aliphatic rings. The summed E-state index contributed by atoms with van der Waals surface area (Å²) in [5.41, 5.74) is 1.86. The van der Waals surface area contributed by atoms with Crippen LogP contribution in [0.5, 0.6) is 0 Å². The number of thiol groups is 1. The van der Waals surface area contributed by atoms with Crippen LogP contribution < -0.4 is 4.90 Å². The van der Waals surface area contributed by atoms with E-state index < -0.39 is 16.7 Å². The Morgan fingerprint density at radius 2 is 2.06 bits per heavy atom. The van der Waals surface area contributed by atoms with Gasteiger partial charge in [0.15, 0.2) is 10.7 Å². The predicted octanol–water partition coefficient (Wildman–Crippen LogP) is 0.787. The zero-order valence-corrected chi connectivity index (χ0v) is 10.9. The maximum atomic E-state index is 11.5. The van der Waals surface area contributed by atoms with E-state index in [1.54, 1.807) is 25.2 Å². The van der Waals surface area contributed by atoms with Gasteiger partial charge in [0, 0.05) is 7.05 Å². The minimum atomic E-state index is -2.54. The molecular weight excluding hydrogens is 242 g/mol. The second-order valence-electron chi connectivity index (χ2n) is 3.68. The standard InChI is InChI=1S/C11H15NO4S/c1-8-4-5-9(11(13)16-3)10(6-8)12(2)7-17(14)15/h4-6,17H,7H2,1-3H3. The van der Waals surface area contributed by atoms with E-state index in [2.05, 4.69) is 4.74 Å². The third kappa shape index (κ3) is 3.45. The van der Waals surface area contributed by atoms with E-state index >= 15 is 0 Å². The van der Waals surface area contributed by atoms with Crippen LogP contribution in [0.2, 0.25) is 0 Å². The second-order valence-corrected chi connectivity index (χ2v) is 4.63. The number of nitrogens with zero attached hydrogens (tertiary/aromatic N) is 1. The summed E-state index contributed by atoms with van der Waals surface area (Å²) >= 11 is 0. The molecule has 0 radical (unpaired) electrons. The molecular formula is C11H15NO4S. The maximum Gasteiger partial charge on any atom is 0.339 e. The average Bonchev–Trinajstić information content (AvgIpc) is 2.27. The van der Waals surface area contributed by atoms with Crippen LogP contribution in [0.25, 0.3) is 0 Å². The van der Waals surface area contributed by atoms with Crippen molar-refractivity contribution >= 4 is 22.4 Å². The lowest BCUT2D eigenvalue weighted by Crippen LogP contribution is -2.22. The molecule has 0 bridgehead atoms. The van der Waals surface area contributed by atoms with E-state index in [-0.39, 0.29) is 5.88 Å². The molecule has 0 unspecified atom stereocenters. The number of hydrogen-bond donors (Lipinski definition) is 1. The largest absolute Gasteiger partial charge is 0.465 e. The molecule has 0 aliphatic carbocycles. The molecule has 17 heavy (non-hydrogen) atoms. The van der Waals surface area contributed by atoms with Gasteiger partial charge in [0.2, 0.25) is 0 Å². The highest BCUT2D eigenvalue weighted by Gasteiger charge is 2.15. The third-order valence-electron chi connectivity index (χ3n) is 2.30. The van der Waals surface area contributed by atoms with Crippen molar-refractivity contribution in [2.45, 2.75) is 6.92 Å². The van der Waals surface area contributed by atoms with E-state index in [0.29, 0.717) is 11.3 Å².